The van der Waals surface area contributed by atoms with Crippen molar-refractivity contribution < 1.29 is 32.7 Å². The topological polar surface area (TPSA) is 43.5 Å². The largest absolute Gasteiger partial charge is 0.563 e. The molecule has 4 heteroatoms. The van der Waals surface area contributed by atoms with Crippen LogP contribution < -0.4 is 0 Å². The summed E-state index contributed by atoms with van der Waals surface area (Å²) < 4.78 is 0. The van der Waals surface area contributed by atoms with E-state index in [0.29, 0.717) is 6.42 Å². The van der Waals surface area contributed by atoms with Gasteiger partial charge in [0.05, 0.1) is 0 Å². The first-order valence-corrected chi connectivity index (χ1v) is 2.13. The van der Waals surface area contributed by atoms with E-state index in [9.17, 15) is 4.91 Å². The van der Waals surface area contributed by atoms with Crippen LogP contribution in [0.2, 0.25) is 0 Å². The standard InChI is InChI=1S/C4H9N2O.Y/c1-3-4(2)5-6-7;/h4H,1,3H2,2H3,(H,5,7);/q-1;/p-1. The van der Waals surface area contributed by atoms with Crippen LogP contribution in [0.3, 0.4) is 0 Å². The fourth-order valence-electron chi connectivity index (χ4n) is 0.138. The van der Waals surface area contributed by atoms with Crippen LogP contribution in [0, 0.1) is 11.8 Å². The Labute approximate surface area is 74.4 Å². The van der Waals surface area contributed by atoms with Crippen molar-refractivity contribution in [2.24, 2.45) is 5.29 Å². The van der Waals surface area contributed by atoms with Gasteiger partial charge in [0.15, 0.2) is 0 Å². The van der Waals surface area contributed by atoms with E-state index in [-0.39, 0.29) is 38.8 Å². The summed E-state index contributed by atoms with van der Waals surface area (Å²) in [6.07, 6.45) is 0.631. The summed E-state index contributed by atoms with van der Waals surface area (Å²) in [7, 11) is 0. The average molecular weight is 189 g/mol. The molecule has 45 valence electrons. The number of rotatable bonds is 3. The van der Waals surface area contributed by atoms with Crippen LogP contribution in [0.25, 0.3) is 5.43 Å². The Morgan fingerprint density at radius 3 is 2.50 bits per heavy atom. The normalized spacial score (nSPS) is 11.2. The maximum atomic E-state index is 9.33. The van der Waals surface area contributed by atoms with Crippen LogP contribution in [0.5, 0.6) is 0 Å². The summed E-state index contributed by atoms with van der Waals surface area (Å²) in [6, 6.07) is -0.0162. The maximum Gasteiger partial charge on any atom is 0 e. The predicted molar refractivity (Wildman–Crippen MR) is 28.6 cm³/mol. The minimum absolute atomic E-state index is 0. The molecule has 0 aromatic heterocycles. The SMILES string of the molecule is [CH2-]CC(C)[N-]N=O.[Y]. The van der Waals surface area contributed by atoms with E-state index in [2.05, 4.69) is 17.6 Å². The molecule has 0 saturated carbocycles. The molecule has 0 aliphatic carbocycles. The average Bonchev–Trinajstić information content (AvgIpc) is 1.68. The smallest absolute Gasteiger partial charge is 0 e. The molecule has 0 aliphatic rings. The summed E-state index contributed by atoms with van der Waals surface area (Å²) >= 11 is 0. The molecule has 0 N–H and O–H groups in total. The van der Waals surface area contributed by atoms with E-state index in [1.165, 1.54) is 0 Å². The van der Waals surface area contributed by atoms with Gasteiger partial charge in [-0.2, -0.15) is 11.3 Å². The first kappa shape index (κ1) is 11.3. The third-order valence-electron chi connectivity index (χ3n) is 0.662. The monoisotopic (exact) mass is 189 g/mol. The van der Waals surface area contributed by atoms with Crippen LogP contribution in [-0.4, -0.2) is 6.04 Å². The molecule has 0 aliphatic heterocycles. The van der Waals surface area contributed by atoms with Gasteiger partial charge in [-0.05, 0) is 0 Å². The Bertz CT molecular complexity index is 60.0. The number of nitroso groups, excluding NO2 is 1. The Morgan fingerprint density at radius 2 is 2.38 bits per heavy atom. The van der Waals surface area contributed by atoms with E-state index < -0.39 is 0 Å². The van der Waals surface area contributed by atoms with Gasteiger partial charge in [0, 0.05) is 32.7 Å². The van der Waals surface area contributed by atoms with Gasteiger partial charge in [-0.15, -0.1) is 11.3 Å². The molecule has 0 amide bonds. The van der Waals surface area contributed by atoms with Gasteiger partial charge < -0.3 is 12.3 Å². The molecule has 1 atom stereocenters. The molecule has 1 radical (unpaired) electrons. The molecule has 0 aromatic carbocycles. The molecule has 0 aromatic rings. The first-order valence-electron chi connectivity index (χ1n) is 2.13. The van der Waals surface area contributed by atoms with Gasteiger partial charge >= 0.3 is 0 Å². The zero-order valence-corrected chi connectivity index (χ0v) is 7.71. The molecule has 0 heterocycles. The Morgan fingerprint density at radius 1 is 1.88 bits per heavy atom. The van der Waals surface area contributed by atoms with Gasteiger partial charge in [0.2, 0.25) is 0 Å². The summed E-state index contributed by atoms with van der Waals surface area (Å²) in [4.78, 5) is 9.33. The molecule has 1 unspecified atom stereocenters. The van der Waals surface area contributed by atoms with E-state index in [1.54, 1.807) is 6.92 Å². The first-order chi connectivity index (χ1) is 3.31. The van der Waals surface area contributed by atoms with Crippen molar-refractivity contribution in [2.45, 2.75) is 19.4 Å². The predicted octanol–water partition coefficient (Wildman–Crippen LogP) is 1.65. The molecule has 0 bridgehead atoms. The maximum absolute atomic E-state index is 9.33. The minimum Gasteiger partial charge on any atom is -0.563 e. The van der Waals surface area contributed by atoms with Crippen LogP contribution in [0.4, 0.5) is 0 Å². The summed E-state index contributed by atoms with van der Waals surface area (Å²) in [5.74, 6) is 0. The van der Waals surface area contributed by atoms with Crippen molar-refractivity contribution in [3.63, 3.8) is 0 Å². The fourth-order valence-corrected chi connectivity index (χ4v) is 0.138. The molecule has 3 nitrogen and oxygen atoms in total. The molecular weight excluding hydrogens is 181 g/mol. The number of hydrogen-bond donors (Lipinski definition) is 0. The van der Waals surface area contributed by atoms with Crippen molar-refractivity contribution in [3.8, 4) is 0 Å². The van der Waals surface area contributed by atoms with Crippen LogP contribution in [-0.2, 0) is 32.7 Å². The minimum atomic E-state index is -0.0162. The molecule has 8 heavy (non-hydrogen) atoms. The second kappa shape index (κ2) is 7.50. The number of hydrogen-bond acceptors (Lipinski definition) is 2. The Balaban J connectivity index is 0. The molecule has 0 rings (SSSR count). The van der Waals surface area contributed by atoms with Gasteiger partial charge in [-0.3, -0.25) is 0 Å². The third-order valence-corrected chi connectivity index (χ3v) is 0.662. The van der Waals surface area contributed by atoms with Gasteiger partial charge in [-0.25, -0.2) is 0 Å². The van der Waals surface area contributed by atoms with Crippen molar-refractivity contribution >= 4 is 0 Å². The molecule has 0 saturated heterocycles. The van der Waals surface area contributed by atoms with Crippen LogP contribution in [0.1, 0.15) is 13.3 Å². The van der Waals surface area contributed by atoms with E-state index in [4.69, 9.17) is 0 Å². The second-order valence-electron chi connectivity index (χ2n) is 1.33. The zero-order valence-electron chi connectivity index (χ0n) is 4.87. The molecular formula is C4H8N2OY-2. The summed E-state index contributed by atoms with van der Waals surface area (Å²) in [5.41, 5.74) is 3.25. The zero-order chi connectivity index (χ0) is 5.70. The quantitative estimate of drug-likeness (QED) is 0.378. The van der Waals surface area contributed by atoms with Gasteiger partial charge in [-0.1, -0.05) is 6.92 Å². The van der Waals surface area contributed by atoms with Crippen molar-refractivity contribution in [2.75, 3.05) is 0 Å². The van der Waals surface area contributed by atoms with E-state index >= 15 is 0 Å². The van der Waals surface area contributed by atoms with Crippen molar-refractivity contribution in [3.05, 3.63) is 17.3 Å². The van der Waals surface area contributed by atoms with Crippen LogP contribution in [0.15, 0.2) is 5.29 Å². The summed E-state index contributed by atoms with van der Waals surface area (Å²) in [6.45, 7) is 5.30. The second-order valence-corrected chi connectivity index (χ2v) is 1.33. The van der Waals surface area contributed by atoms with Crippen molar-refractivity contribution in [1.29, 1.82) is 0 Å². The van der Waals surface area contributed by atoms with E-state index in [0.717, 1.165) is 0 Å². The number of nitrogens with zero attached hydrogens (tertiary/aromatic N) is 2. The summed E-state index contributed by atoms with van der Waals surface area (Å²) in [5, 5.41) is 2.34. The van der Waals surface area contributed by atoms with Gasteiger partial charge in [0.25, 0.3) is 0 Å². The van der Waals surface area contributed by atoms with Gasteiger partial charge in [0.1, 0.15) is 0 Å². The molecule has 0 spiro atoms. The Hall–Kier alpha value is 0.504. The van der Waals surface area contributed by atoms with E-state index in [1.807, 2.05) is 0 Å². The van der Waals surface area contributed by atoms with Crippen molar-refractivity contribution in [1.82, 2.24) is 0 Å². The molecule has 0 fully saturated rings. The third kappa shape index (κ3) is 6.50. The fraction of sp³-hybridized carbons (Fsp3) is 0.750. The van der Waals surface area contributed by atoms with Crippen LogP contribution >= 0.6 is 0 Å². The Kier molecular flexibility index (Phi) is 10.6.